The predicted octanol–water partition coefficient (Wildman–Crippen LogP) is 3.96. The minimum atomic E-state index is -0.641. The van der Waals surface area contributed by atoms with E-state index < -0.39 is 11.9 Å². The summed E-state index contributed by atoms with van der Waals surface area (Å²) in [6.07, 6.45) is 0.744. The summed E-state index contributed by atoms with van der Waals surface area (Å²) in [5, 5.41) is 5.70. The van der Waals surface area contributed by atoms with Gasteiger partial charge in [0.2, 0.25) is 5.91 Å². The Labute approximate surface area is 190 Å². The van der Waals surface area contributed by atoms with Crippen molar-refractivity contribution < 1.29 is 19.1 Å². The lowest BCUT2D eigenvalue weighted by atomic mass is 9.97. The fraction of sp³-hybridized carbons (Fsp3) is 0.400. The highest BCUT2D eigenvalue weighted by Gasteiger charge is 2.29. The number of nitrogens with one attached hydrogen (secondary N) is 2. The van der Waals surface area contributed by atoms with Gasteiger partial charge in [-0.15, -0.1) is 0 Å². The Morgan fingerprint density at radius 3 is 2.12 bits per heavy atom. The number of nitrogens with zero attached hydrogens (tertiary/aromatic N) is 1. The fourth-order valence-corrected chi connectivity index (χ4v) is 3.36. The Morgan fingerprint density at radius 1 is 0.938 bits per heavy atom. The molecule has 7 nitrogen and oxygen atoms in total. The van der Waals surface area contributed by atoms with Crippen LogP contribution in [-0.4, -0.2) is 48.9 Å². The number of benzene rings is 2. The second kappa shape index (κ2) is 11.9. The third kappa shape index (κ3) is 6.09. The van der Waals surface area contributed by atoms with Gasteiger partial charge >= 0.3 is 0 Å². The first-order valence-electron chi connectivity index (χ1n) is 11.0. The lowest BCUT2D eigenvalue weighted by Crippen LogP contribution is -2.51. The lowest BCUT2D eigenvalue weighted by Gasteiger charge is -2.29. The molecule has 0 heterocycles. The molecule has 0 unspecified atom stereocenters. The third-order valence-electron chi connectivity index (χ3n) is 5.61. The zero-order valence-corrected chi connectivity index (χ0v) is 19.5. The molecule has 0 fully saturated rings. The van der Waals surface area contributed by atoms with Crippen molar-refractivity contribution in [2.45, 2.75) is 40.2 Å². The van der Waals surface area contributed by atoms with Gasteiger partial charge in [-0.1, -0.05) is 32.4 Å². The SMILES string of the molecule is CC[C@@H](C)[C@H](NC(=O)c1ccccc1NC(=O)c1ccc(OC)cc1)C(=O)N(CC)CC. The van der Waals surface area contributed by atoms with Crippen molar-refractivity contribution >= 4 is 23.4 Å². The maximum atomic E-state index is 13.2. The van der Waals surface area contributed by atoms with Gasteiger partial charge in [-0.25, -0.2) is 0 Å². The molecule has 2 aromatic rings. The van der Waals surface area contributed by atoms with Crippen LogP contribution in [0, 0.1) is 5.92 Å². The standard InChI is InChI=1S/C25H33N3O4/c1-6-17(4)22(25(31)28(7-2)8-3)27-24(30)20-11-9-10-12-21(20)26-23(29)18-13-15-19(32-5)16-14-18/h9-17,22H,6-8H2,1-5H3,(H,26,29)(H,27,30)/t17-,22+/m1/s1. The van der Waals surface area contributed by atoms with E-state index in [1.165, 1.54) is 0 Å². The molecule has 0 spiro atoms. The monoisotopic (exact) mass is 439 g/mol. The molecule has 2 rings (SSSR count). The van der Waals surface area contributed by atoms with Gasteiger partial charge in [-0.05, 0) is 56.2 Å². The molecule has 172 valence electrons. The highest BCUT2D eigenvalue weighted by molar-refractivity contribution is 6.09. The number of ether oxygens (including phenoxy) is 1. The van der Waals surface area contributed by atoms with Gasteiger partial charge in [0.05, 0.1) is 18.4 Å². The van der Waals surface area contributed by atoms with Gasteiger partial charge in [0.1, 0.15) is 11.8 Å². The molecule has 0 aliphatic rings. The van der Waals surface area contributed by atoms with Crippen molar-refractivity contribution in [3.63, 3.8) is 0 Å². The molecular formula is C25H33N3O4. The van der Waals surface area contributed by atoms with Crippen molar-refractivity contribution in [2.75, 3.05) is 25.5 Å². The molecule has 7 heteroatoms. The number of hydrogen-bond donors (Lipinski definition) is 2. The Balaban J connectivity index is 2.24. The number of rotatable bonds is 10. The van der Waals surface area contributed by atoms with E-state index in [2.05, 4.69) is 10.6 Å². The number of hydrogen-bond acceptors (Lipinski definition) is 4. The van der Waals surface area contributed by atoms with E-state index in [0.29, 0.717) is 35.7 Å². The summed E-state index contributed by atoms with van der Waals surface area (Å²) in [6.45, 7) is 8.92. The van der Waals surface area contributed by atoms with Crippen molar-refractivity contribution in [2.24, 2.45) is 5.92 Å². The van der Waals surface area contributed by atoms with Gasteiger partial charge in [-0.3, -0.25) is 14.4 Å². The summed E-state index contributed by atoms with van der Waals surface area (Å²) in [4.78, 5) is 40.6. The first kappa shape index (κ1) is 24.9. The molecule has 0 saturated heterocycles. The molecule has 3 amide bonds. The second-order valence-electron chi connectivity index (χ2n) is 7.58. The van der Waals surface area contributed by atoms with Crippen molar-refractivity contribution in [3.05, 3.63) is 59.7 Å². The number of carbonyl (C=O) groups excluding carboxylic acids is 3. The topological polar surface area (TPSA) is 87.7 Å². The zero-order chi connectivity index (χ0) is 23.7. The fourth-order valence-electron chi connectivity index (χ4n) is 3.36. The van der Waals surface area contributed by atoms with Crippen LogP contribution < -0.4 is 15.4 Å². The van der Waals surface area contributed by atoms with E-state index in [0.717, 1.165) is 6.42 Å². The van der Waals surface area contributed by atoms with E-state index in [-0.39, 0.29) is 17.7 Å². The quantitative estimate of drug-likeness (QED) is 0.587. The number of anilines is 1. The van der Waals surface area contributed by atoms with E-state index in [1.54, 1.807) is 60.5 Å². The second-order valence-corrected chi connectivity index (χ2v) is 7.58. The number of carbonyl (C=O) groups is 3. The van der Waals surface area contributed by atoms with Crippen LogP contribution in [0.1, 0.15) is 54.8 Å². The average Bonchev–Trinajstić information content (AvgIpc) is 2.82. The number of amides is 3. The smallest absolute Gasteiger partial charge is 0.255 e. The van der Waals surface area contributed by atoms with Gasteiger partial charge in [0, 0.05) is 18.7 Å². The average molecular weight is 440 g/mol. The molecule has 0 radical (unpaired) electrons. The van der Waals surface area contributed by atoms with E-state index in [4.69, 9.17) is 4.74 Å². The Hall–Kier alpha value is -3.35. The molecule has 0 aliphatic heterocycles. The van der Waals surface area contributed by atoms with E-state index >= 15 is 0 Å². The molecule has 0 bridgehead atoms. The molecular weight excluding hydrogens is 406 g/mol. The number of likely N-dealkylation sites (N-methyl/N-ethyl adjacent to an activating group) is 1. The van der Waals surface area contributed by atoms with Crippen molar-refractivity contribution in [1.82, 2.24) is 10.2 Å². The largest absolute Gasteiger partial charge is 0.497 e. The van der Waals surface area contributed by atoms with Gasteiger partial charge in [0.15, 0.2) is 0 Å². The highest BCUT2D eigenvalue weighted by Crippen LogP contribution is 2.19. The molecule has 0 aliphatic carbocycles. The number of para-hydroxylation sites is 1. The van der Waals surface area contributed by atoms with Crippen molar-refractivity contribution in [3.8, 4) is 5.75 Å². The van der Waals surface area contributed by atoms with Crippen LogP contribution in [0.4, 0.5) is 5.69 Å². The molecule has 0 saturated carbocycles. The summed E-state index contributed by atoms with van der Waals surface area (Å²) >= 11 is 0. The van der Waals surface area contributed by atoms with Crippen LogP contribution >= 0.6 is 0 Å². The van der Waals surface area contributed by atoms with Crippen LogP contribution in [0.5, 0.6) is 5.75 Å². The minimum absolute atomic E-state index is 0.0342. The van der Waals surface area contributed by atoms with Crippen molar-refractivity contribution in [1.29, 1.82) is 0 Å². The Morgan fingerprint density at radius 2 is 1.56 bits per heavy atom. The summed E-state index contributed by atoms with van der Waals surface area (Å²) in [5.74, 6) is -0.229. The summed E-state index contributed by atoms with van der Waals surface area (Å²) in [5.41, 5.74) is 1.12. The molecule has 2 N–H and O–H groups in total. The van der Waals surface area contributed by atoms with Crippen LogP contribution in [0.15, 0.2) is 48.5 Å². The maximum Gasteiger partial charge on any atom is 0.255 e. The first-order valence-corrected chi connectivity index (χ1v) is 11.0. The first-order chi connectivity index (χ1) is 15.4. The molecule has 2 aromatic carbocycles. The third-order valence-corrected chi connectivity index (χ3v) is 5.61. The van der Waals surface area contributed by atoms with Crippen LogP contribution in [0.3, 0.4) is 0 Å². The summed E-state index contributed by atoms with van der Waals surface area (Å²) < 4.78 is 5.12. The van der Waals surface area contributed by atoms with Crippen LogP contribution in [0.2, 0.25) is 0 Å². The molecule has 0 aromatic heterocycles. The number of methoxy groups -OCH3 is 1. The maximum absolute atomic E-state index is 13.2. The Kier molecular flexibility index (Phi) is 9.25. The lowest BCUT2D eigenvalue weighted by molar-refractivity contribution is -0.134. The summed E-state index contributed by atoms with van der Waals surface area (Å²) in [6, 6.07) is 12.8. The molecule has 32 heavy (non-hydrogen) atoms. The zero-order valence-electron chi connectivity index (χ0n) is 19.5. The van der Waals surface area contributed by atoms with E-state index in [9.17, 15) is 14.4 Å². The van der Waals surface area contributed by atoms with E-state index in [1.807, 2.05) is 27.7 Å². The van der Waals surface area contributed by atoms with Gasteiger partial charge < -0.3 is 20.3 Å². The van der Waals surface area contributed by atoms with Crippen LogP contribution in [0.25, 0.3) is 0 Å². The van der Waals surface area contributed by atoms with Crippen LogP contribution in [-0.2, 0) is 4.79 Å². The predicted molar refractivity (Wildman–Crippen MR) is 126 cm³/mol. The highest BCUT2D eigenvalue weighted by atomic mass is 16.5. The normalized spacial score (nSPS) is 12.4. The van der Waals surface area contributed by atoms with Gasteiger partial charge in [0.25, 0.3) is 11.8 Å². The molecule has 2 atom stereocenters. The summed E-state index contributed by atoms with van der Waals surface area (Å²) in [7, 11) is 1.56. The Bertz CT molecular complexity index is 923. The van der Waals surface area contributed by atoms with Gasteiger partial charge in [-0.2, -0.15) is 0 Å². The minimum Gasteiger partial charge on any atom is -0.497 e.